The maximum absolute atomic E-state index is 11.5. The third-order valence-corrected chi connectivity index (χ3v) is 3.81. The number of hydrogen-bond acceptors (Lipinski definition) is 1. The van der Waals surface area contributed by atoms with Crippen molar-refractivity contribution in [3.63, 3.8) is 0 Å². The average molecular weight is 206 g/mol. The minimum atomic E-state index is 0.373. The van der Waals surface area contributed by atoms with Crippen LogP contribution in [-0.2, 0) is 4.79 Å². The molecule has 0 aromatic carbocycles. The molecule has 0 amide bonds. The quantitative estimate of drug-likeness (QED) is 0.666. The molecule has 0 N–H and O–H groups in total. The van der Waals surface area contributed by atoms with Crippen molar-refractivity contribution in [1.82, 2.24) is 0 Å². The van der Waals surface area contributed by atoms with Gasteiger partial charge in [-0.05, 0) is 37.7 Å². The minimum Gasteiger partial charge on any atom is -0.295 e. The number of allylic oxidation sites excluding steroid dienone is 2. The van der Waals surface area contributed by atoms with Crippen LogP contribution in [0, 0.1) is 5.92 Å². The third kappa shape index (κ3) is 3.48. The first-order valence-corrected chi connectivity index (χ1v) is 6.57. The van der Waals surface area contributed by atoms with E-state index in [9.17, 15) is 4.79 Å². The Morgan fingerprint density at radius 3 is 2.53 bits per heavy atom. The van der Waals surface area contributed by atoms with Gasteiger partial charge in [0.2, 0.25) is 0 Å². The Morgan fingerprint density at radius 1 is 1.00 bits per heavy atom. The Kier molecular flexibility index (Phi) is 3.99. The molecule has 1 nitrogen and oxygen atoms in total. The van der Waals surface area contributed by atoms with Gasteiger partial charge in [-0.1, -0.05) is 37.7 Å². The molecular weight excluding hydrogens is 184 g/mol. The summed E-state index contributed by atoms with van der Waals surface area (Å²) in [5.41, 5.74) is 1.45. The SMILES string of the molecule is O=C1C=C(CC2CCCCC2)CCCC1. The van der Waals surface area contributed by atoms with Crippen LogP contribution >= 0.6 is 0 Å². The maximum Gasteiger partial charge on any atom is 0.155 e. The molecule has 0 aromatic heterocycles. The monoisotopic (exact) mass is 206 g/mol. The number of carbonyl (C=O) groups is 1. The normalized spacial score (nSPS) is 24.8. The van der Waals surface area contributed by atoms with E-state index in [2.05, 4.69) is 0 Å². The Hall–Kier alpha value is -0.590. The first kappa shape index (κ1) is 10.9. The van der Waals surface area contributed by atoms with Gasteiger partial charge in [0.15, 0.2) is 5.78 Å². The topological polar surface area (TPSA) is 17.1 Å². The van der Waals surface area contributed by atoms with Gasteiger partial charge in [0, 0.05) is 6.42 Å². The van der Waals surface area contributed by atoms with E-state index in [0.717, 1.165) is 18.8 Å². The van der Waals surface area contributed by atoms with Crippen molar-refractivity contribution in [2.75, 3.05) is 0 Å². The summed E-state index contributed by atoms with van der Waals surface area (Å²) in [6.07, 6.45) is 14.5. The second-order valence-corrected chi connectivity index (χ2v) is 5.18. The highest BCUT2D eigenvalue weighted by molar-refractivity contribution is 5.90. The summed E-state index contributed by atoms with van der Waals surface area (Å²) < 4.78 is 0. The second kappa shape index (κ2) is 5.48. The molecule has 1 heteroatoms. The lowest BCUT2D eigenvalue weighted by molar-refractivity contribution is -0.114. The fraction of sp³-hybridized carbons (Fsp3) is 0.786. The van der Waals surface area contributed by atoms with Gasteiger partial charge < -0.3 is 0 Å². The molecule has 0 atom stereocenters. The molecule has 1 saturated carbocycles. The predicted octanol–water partition coefficient (Wildman–Crippen LogP) is 4.03. The van der Waals surface area contributed by atoms with Gasteiger partial charge in [-0.15, -0.1) is 0 Å². The zero-order valence-corrected chi connectivity index (χ0v) is 9.63. The highest BCUT2D eigenvalue weighted by atomic mass is 16.1. The lowest BCUT2D eigenvalue weighted by Crippen LogP contribution is -2.07. The molecule has 2 aliphatic rings. The van der Waals surface area contributed by atoms with Crippen molar-refractivity contribution in [3.05, 3.63) is 11.6 Å². The molecule has 1 fully saturated rings. The number of carbonyl (C=O) groups excluding carboxylic acids is 1. The van der Waals surface area contributed by atoms with E-state index < -0.39 is 0 Å². The molecular formula is C14H22O. The lowest BCUT2D eigenvalue weighted by atomic mass is 9.84. The van der Waals surface area contributed by atoms with Crippen LogP contribution in [0.1, 0.15) is 64.2 Å². The molecule has 84 valence electrons. The smallest absolute Gasteiger partial charge is 0.155 e. The second-order valence-electron chi connectivity index (χ2n) is 5.18. The van der Waals surface area contributed by atoms with E-state index >= 15 is 0 Å². The average Bonchev–Trinajstić information content (AvgIpc) is 2.44. The van der Waals surface area contributed by atoms with Crippen LogP contribution < -0.4 is 0 Å². The first-order valence-electron chi connectivity index (χ1n) is 6.57. The van der Waals surface area contributed by atoms with Crippen molar-refractivity contribution in [3.8, 4) is 0 Å². The minimum absolute atomic E-state index is 0.373. The molecule has 0 aliphatic heterocycles. The summed E-state index contributed by atoms with van der Waals surface area (Å²) in [4.78, 5) is 11.5. The predicted molar refractivity (Wildman–Crippen MR) is 62.8 cm³/mol. The van der Waals surface area contributed by atoms with Gasteiger partial charge in [-0.25, -0.2) is 0 Å². The number of hydrogen-bond donors (Lipinski definition) is 0. The number of rotatable bonds is 2. The molecule has 2 rings (SSSR count). The van der Waals surface area contributed by atoms with Crippen LogP contribution in [0.4, 0.5) is 0 Å². The molecule has 0 unspecified atom stereocenters. The Labute approximate surface area is 92.9 Å². The van der Waals surface area contributed by atoms with Crippen LogP contribution in [0.2, 0.25) is 0 Å². The maximum atomic E-state index is 11.5. The van der Waals surface area contributed by atoms with Gasteiger partial charge in [0.1, 0.15) is 0 Å². The van der Waals surface area contributed by atoms with Gasteiger partial charge in [-0.3, -0.25) is 4.79 Å². The van der Waals surface area contributed by atoms with E-state index in [0.29, 0.717) is 5.78 Å². The molecule has 0 saturated heterocycles. The summed E-state index contributed by atoms with van der Waals surface area (Å²) in [6, 6.07) is 0. The third-order valence-electron chi connectivity index (χ3n) is 3.81. The summed E-state index contributed by atoms with van der Waals surface area (Å²) >= 11 is 0. The first-order chi connectivity index (χ1) is 7.34. The van der Waals surface area contributed by atoms with Crippen LogP contribution in [-0.4, -0.2) is 5.78 Å². The highest BCUT2D eigenvalue weighted by Gasteiger charge is 2.16. The Morgan fingerprint density at radius 2 is 1.73 bits per heavy atom. The van der Waals surface area contributed by atoms with Crippen molar-refractivity contribution >= 4 is 5.78 Å². The molecule has 0 spiro atoms. The molecule has 2 aliphatic carbocycles. The van der Waals surface area contributed by atoms with Gasteiger partial charge in [0.25, 0.3) is 0 Å². The standard InChI is InChI=1S/C14H22O/c15-14-9-5-4-8-13(11-14)10-12-6-2-1-3-7-12/h11-12H,1-10H2. The van der Waals surface area contributed by atoms with Crippen LogP contribution in [0.5, 0.6) is 0 Å². The Bertz CT molecular complexity index is 246. The Balaban J connectivity index is 1.88. The van der Waals surface area contributed by atoms with Crippen molar-refractivity contribution in [2.24, 2.45) is 5.92 Å². The van der Waals surface area contributed by atoms with Gasteiger partial charge >= 0.3 is 0 Å². The zero-order chi connectivity index (χ0) is 10.5. The van der Waals surface area contributed by atoms with Gasteiger partial charge in [-0.2, -0.15) is 0 Å². The molecule has 0 bridgehead atoms. The van der Waals surface area contributed by atoms with E-state index in [4.69, 9.17) is 0 Å². The van der Waals surface area contributed by atoms with E-state index in [-0.39, 0.29) is 0 Å². The van der Waals surface area contributed by atoms with E-state index in [1.54, 1.807) is 0 Å². The largest absolute Gasteiger partial charge is 0.295 e. The molecule has 0 radical (unpaired) electrons. The van der Waals surface area contributed by atoms with Crippen molar-refractivity contribution in [2.45, 2.75) is 64.2 Å². The summed E-state index contributed by atoms with van der Waals surface area (Å²) in [7, 11) is 0. The van der Waals surface area contributed by atoms with Crippen LogP contribution in [0.3, 0.4) is 0 Å². The van der Waals surface area contributed by atoms with Gasteiger partial charge in [0.05, 0.1) is 0 Å². The highest BCUT2D eigenvalue weighted by Crippen LogP contribution is 2.31. The zero-order valence-electron chi connectivity index (χ0n) is 9.63. The molecule has 0 aromatic rings. The summed E-state index contributed by atoms with van der Waals surface area (Å²) in [5, 5.41) is 0. The van der Waals surface area contributed by atoms with E-state index in [1.165, 1.54) is 56.9 Å². The van der Waals surface area contributed by atoms with Crippen molar-refractivity contribution < 1.29 is 4.79 Å². The van der Waals surface area contributed by atoms with E-state index in [1.807, 2.05) is 6.08 Å². The summed E-state index contributed by atoms with van der Waals surface area (Å²) in [5.74, 6) is 1.26. The molecule has 0 heterocycles. The fourth-order valence-electron chi connectivity index (χ4n) is 2.95. The molecule has 15 heavy (non-hydrogen) atoms. The summed E-state index contributed by atoms with van der Waals surface area (Å²) in [6.45, 7) is 0. The fourth-order valence-corrected chi connectivity index (χ4v) is 2.95. The van der Waals surface area contributed by atoms with Crippen LogP contribution in [0.15, 0.2) is 11.6 Å². The van der Waals surface area contributed by atoms with Crippen LogP contribution in [0.25, 0.3) is 0 Å². The van der Waals surface area contributed by atoms with Crippen molar-refractivity contribution in [1.29, 1.82) is 0 Å². The lowest BCUT2D eigenvalue weighted by Gasteiger charge is -2.22. The number of ketones is 1.